The maximum absolute atomic E-state index is 13.3. The van der Waals surface area contributed by atoms with Crippen molar-refractivity contribution in [3.05, 3.63) is 29.3 Å². The van der Waals surface area contributed by atoms with Crippen molar-refractivity contribution in [1.82, 2.24) is 9.62 Å². The van der Waals surface area contributed by atoms with E-state index in [0.717, 1.165) is 23.5 Å². The summed E-state index contributed by atoms with van der Waals surface area (Å²) in [5, 5.41) is 3.15. The quantitative estimate of drug-likeness (QED) is 0.811. The van der Waals surface area contributed by atoms with Crippen molar-refractivity contribution in [3.63, 3.8) is 0 Å². The van der Waals surface area contributed by atoms with Crippen LogP contribution >= 0.6 is 0 Å². The van der Waals surface area contributed by atoms with Crippen LogP contribution in [0, 0.1) is 0 Å². The number of sulfonamides is 1. The fourth-order valence-electron chi connectivity index (χ4n) is 2.83. The van der Waals surface area contributed by atoms with Crippen LogP contribution < -0.4 is 5.32 Å². The SMILES string of the molecule is COC(=O)c1ccc(S(=O)(=O)N2CC(C)NC(C)C2)cc1C(F)(F)F. The third kappa shape index (κ3) is 4.13. The van der Waals surface area contributed by atoms with Crippen molar-refractivity contribution in [2.75, 3.05) is 20.2 Å². The molecule has 1 fully saturated rings. The number of nitrogens with zero attached hydrogens (tertiary/aromatic N) is 1. The van der Waals surface area contributed by atoms with Crippen LogP contribution in [0.1, 0.15) is 29.8 Å². The van der Waals surface area contributed by atoms with Gasteiger partial charge in [0, 0.05) is 25.2 Å². The van der Waals surface area contributed by atoms with E-state index < -0.39 is 38.2 Å². The Morgan fingerprint density at radius 2 is 1.80 bits per heavy atom. The maximum atomic E-state index is 13.3. The molecule has 1 saturated heterocycles. The summed E-state index contributed by atoms with van der Waals surface area (Å²) in [7, 11) is -3.16. The molecule has 1 aliphatic rings. The molecule has 1 aliphatic heterocycles. The second-order valence-corrected chi connectivity index (χ2v) is 7.93. The lowest BCUT2D eigenvalue weighted by Gasteiger charge is -2.35. The Hall–Kier alpha value is -1.65. The number of carbonyl (C=O) groups excluding carboxylic acids is 1. The van der Waals surface area contributed by atoms with E-state index in [9.17, 15) is 26.4 Å². The lowest BCUT2D eigenvalue weighted by Crippen LogP contribution is -2.55. The van der Waals surface area contributed by atoms with Crippen LogP contribution in [0.3, 0.4) is 0 Å². The van der Waals surface area contributed by atoms with Gasteiger partial charge < -0.3 is 10.1 Å². The van der Waals surface area contributed by atoms with E-state index in [1.54, 1.807) is 13.8 Å². The number of hydrogen-bond acceptors (Lipinski definition) is 5. The molecule has 25 heavy (non-hydrogen) atoms. The normalized spacial score (nSPS) is 22.6. The number of esters is 1. The predicted molar refractivity (Wildman–Crippen MR) is 83.6 cm³/mol. The molecule has 6 nitrogen and oxygen atoms in total. The molecule has 2 unspecified atom stereocenters. The number of methoxy groups -OCH3 is 1. The van der Waals surface area contributed by atoms with Crippen LogP contribution in [0.4, 0.5) is 13.2 Å². The number of hydrogen-bond donors (Lipinski definition) is 1. The number of halogens is 3. The van der Waals surface area contributed by atoms with Gasteiger partial charge in [-0.15, -0.1) is 0 Å². The van der Waals surface area contributed by atoms with Crippen LogP contribution in [0.5, 0.6) is 0 Å². The van der Waals surface area contributed by atoms with Crippen LogP contribution in [-0.2, 0) is 20.9 Å². The number of alkyl halides is 3. The van der Waals surface area contributed by atoms with Gasteiger partial charge in [0.05, 0.1) is 23.1 Å². The van der Waals surface area contributed by atoms with Crippen LogP contribution in [-0.4, -0.2) is 51.0 Å². The second-order valence-electron chi connectivity index (χ2n) is 5.99. The largest absolute Gasteiger partial charge is 0.465 e. The van der Waals surface area contributed by atoms with Crippen LogP contribution in [0.2, 0.25) is 0 Å². The average molecular weight is 380 g/mol. The summed E-state index contributed by atoms with van der Waals surface area (Å²) in [6.07, 6.45) is -4.89. The van der Waals surface area contributed by atoms with Gasteiger partial charge in [-0.1, -0.05) is 0 Å². The third-order valence-electron chi connectivity index (χ3n) is 3.86. The lowest BCUT2D eigenvalue weighted by atomic mass is 10.1. The van der Waals surface area contributed by atoms with Crippen molar-refractivity contribution in [1.29, 1.82) is 0 Å². The number of carbonyl (C=O) groups is 1. The number of piperazine rings is 1. The first-order valence-corrected chi connectivity index (χ1v) is 8.96. The topological polar surface area (TPSA) is 75.7 Å². The highest BCUT2D eigenvalue weighted by Crippen LogP contribution is 2.34. The highest BCUT2D eigenvalue weighted by Gasteiger charge is 2.38. The number of ether oxygens (including phenoxy) is 1. The molecule has 1 N–H and O–H groups in total. The van der Waals surface area contributed by atoms with Gasteiger partial charge in [0.1, 0.15) is 0 Å². The molecule has 1 aromatic rings. The molecule has 0 saturated carbocycles. The zero-order valence-corrected chi connectivity index (χ0v) is 14.7. The number of benzene rings is 1. The number of nitrogens with one attached hydrogen (secondary N) is 1. The molecule has 0 aliphatic carbocycles. The second kappa shape index (κ2) is 6.93. The van der Waals surface area contributed by atoms with Gasteiger partial charge in [-0.05, 0) is 32.0 Å². The summed E-state index contributed by atoms with van der Waals surface area (Å²) in [4.78, 5) is 11.0. The van der Waals surface area contributed by atoms with E-state index in [4.69, 9.17) is 0 Å². The van der Waals surface area contributed by atoms with Crippen LogP contribution in [0.15, 0.2) is 23.1 Å². The number of rotatable bonds is 3. The van der Waals surface area contributed by atoms with E-state index in [1.165, 1.54) is 0 Å². The van der Waals surface area contributed by atoms with Gasteiger partial charge in [0.2, 0.25) is 10.0 Å². The fraction of sp³-hybridized carbons (Fsp3) is 0.533. The standard InChI is InChI=1S/C15H19F3N2O4S/c1-9-7-20(8-10(2)19-9)25(22,23)11-4-5-12(14(21)24-3)13(6-11)15(16,17)18/h4-6,9-10,19H,7-8H2,1-3H3. The maximum Gasteiger partial charge on any atom is 0.417 e. The monoisotopic (exact) mass is 380 g/mol. The van der Waals surface area contributed by atoms with E-state index in [-0.39, 0.29) is 25.2 Å². The Morgan fingerprint density at radius 1 is 1.24 bits per heavy atom. The Balaban J connectivity index is 2.50. The van der Waals surface area contributed by atoms with Crippen molar-refractivity contribution >= 4 is 16.0 Å². The fourth-order valence-corrected chi connectivity index (χ4v) is 4.47. The Kier molecular flexibility index (Phi) is 5.45. The summed E-state index contributed by atoms with van der Waals surface area (Å²) >= 11 is 0. The smallest absolute Gasteiger partial charge is 0.417 e. The third-order valence-corrected chi connectivity index (χ3v) is 5.69. The Labute approximate surface area is 144 Å². The van der Waals surface area contributed by atoms with Gasteiger partial charge in [-0.25, -0.2) is 13.2 Å². The minimum absolute atomic E-state index is 0.130. The van der Waals surface area contributed by atoms with Gasteiger partial charge in [0.15, 0.2) is 0 Å². The van der Waals surface area contributed by atoms with E-state index in [1.807, 2.05) is 0 Å². The lowest BCUT2D eigenvalue weighted by molar-refractivity contribution is -0.138. The first-order chi connectivity index (χ1) is 11.5. The molecule has 0 amide bonds. The molecule has 2 rings (SSSR count). The van der Waals surface area contributed by atoms with Crippen LogP contribution in [0.25, 0.3) is 0 Å². The summed E-state index contributed by atoms with van der Waals surface area (Å²) < 4.78 is 70.7. The highest BCUT2D eigenvalue weighted by atomic mass is 32.2. The van der Waals surface area contributed by atoms with Gasteiger partial charge in [-0.2, -0.15) is 17.5 Å². The summed E-state index contributed by atoms with van der Waals surface area (Å²) in [5.74, 6) is -1.18. The molecule has 140 valence electrons. The van der Waals surface area contributed by atoms with Gasteiger partial charge in [-0.3, -0.25) is 0 Å². The van der Waals surface area contributed by atoms with Gasteiger partial charge in [0.25, 0.3) is 0 Å². The van der Waals surface area contributed by atoms with E-state index in [0.29, 0.717) is 6.07 Å². The summed E-state index contributed by atoms with van der Waals surface area (Å²) in [5.41, 5.74) is -2.06. The molecular weight excluding hydrogens is 361 g/mol. The van der Waals surface area contributed by atoms with Crippen molar-refractivity contribution in [2.45, 2.75) is 37.0 Å². The Bertz CT molecular complexity index is 755. The molecule has 1 heterocycles. The molecule has 2 atom stereocenters. The zero-order chi connectivity index (χ0) is 19.0. The molecule has 0 spiro atoms. The molecular formula is C15H19F3N2O4S. The van der Waals surface area contributed by atoms with Gasteiger partial charge >= 0.3 is 12.1 Å². The Morgan fingerprint density at radius 3 is 2.28 bits per heavy atom. The van der Waals surface area contributed by atoms with E-state index in [2.05, 4.69) is 10.1 Å². The van der Waals surface area contributed by atoms with Crippen molar-refractivity contribution in [2.24, 2.45) is 0 Å². The molecule has 0 radical (unpaired) electrons. The summed E-state index contributed by atoms with van der Waals surface area (Å²) in [6, 6.07) is 2.05. The first kappa shape index (κ1) is 19.7. The average Bonchev–Trinajstić information content (AvgIpc) is 2.51. The van der Waals surface area contributed by atoms with Crippen molar-refractivity contribution in [3.8, 4) is 0 Å². The molecule has 1 aromatic carbocycles. The first-order valence-electron chi connectivity index (χ1n) is 7.52. The summed E-state index contributed by atoms with van der Waals surface area (Å²) in [6.45, 7) is 3.87. The minimum Gasteiger partial charge on any atom is -0.465 e. The molecule has 0 bridgehead atoms. The van der Waals surface area contributed by atoms with E-state index >= 15 is 0 Å². The minimum atomic E-state index is -4.89. The molecule has 0 aromatic heterocycles. The molecule has 10 heteroatoms. The highest BCUT2D eigenvalue weighted by molar-refractivity contribution is 7.89. The zero-order valence-electron chi connectivity index (χ0n) is 13.9. The van der Waals surface area contributed by atoms with Crippen molar-refractivity contribution < 1.29 is 31.1 Å². The predicted octanol–water partition coefficient (Wildman–Crippen LogP) is 1.86.